The highest BCUT2D eigenvalue weighted by Gasteiger charge is 2.02. The molecule has 2 heteroatoms. The van der Waals surface area contributed by atoms with Crippen LogP contribution in [0.1, 0.15) is 64.9 Å². The van der Waals surface area contributed by atoms with Crippen LogP contribution in [0.3, 0.4) is 0 Å². The molecule has 0 radical (unpaired) electrons. The summed E-state index contributed by atoms with van der Waals surface area (Å²) in [5.41, 5.74) is 1.35. The number of benzene rings is 1. The number of unbranched alkanes of at least 4 members (excludes halogenated alkanes) is 1. The van der Waals surface area contributed by atoms with Gasteiger partial charge < -0.3 is 10.1 Å². The standard InChI is InChI=1S/C18H31NO/c1-5-12-19-16(4)9-6-7-13-20-18-11-8-10-17(14-18)15(2)3/h8,10-11,14-16,19H,5-7,9,12-13H2,1-4H3. The first-order valence-electron chi connectivity index (χ1n) is 8.09. The summed E-state index contributed by atoms with van der Waals surface area (Å²) in [6.07, 6.45) is 4.79. The van der Waals surface area contributed by atoms with Gasteiger partial charge in [-0.15, -0.1) is 0 Å². The van der Waals surface area contributed by atoms with E-state index >= 15 is 0 Å². The number of hydrogen-bond donors (Lipinski definition) is 1. The summed E-state index contributed by atoms with van der Waals surface area (Å²) in [4.78, 5) is 0. The first kappa shape index (κ1) is 17.0. The average molecular weight is 277 g/mol. The normalized spacial score (nSPS) is 12.7. The fourth-order valence-electron chi connectivity index (χ4n) is 2.20. The molecule has 0 aliphatic heterocycles. The van der Waals surface area contributed by atoms with Crippen molar-refractivity contribution in [2.75, 3.05) is 13.2 Å². The fourth-order valence-corrected chi connectivity index (χ4v) is 2.20. The van der Waals surface area contributed by atoms with Crippen molar-refractivity contribution < 1.29 is 4.74 Å². The van der Waals surface area contributed by atoms with E-state index in [1.165, 1.54) is 24.8 Å². The molecule has 114 valence electrons. The minimum absolute atomic E-state index is 0.559. The SMILES string of the molecule is CCCNC(C)CCCCOc1cccc(C(C)C)c1. The molecule has 0 saturated heterocycles. The molecular formula is C18H31NO. The minimum Gasteiger partial charge on any atom is -0.494 e. The molecule has 1 N–H and O–H groups in total. The smallest absolute Gasteiger partial charge is 0.119 e. The number of hydrogen-bond acceptors (Lipinski definition) is 2. The maximum Gasteiger partial charge on any atom is 0.119 e. The summed E-state index contributed by atoms with van der Waals surface area (Å²) in [5.74, 6) is 1.57. The number of nitrogens with one attached hydrogen (secondary N) is 1. The van der Waals surface area contributed by atoms with E-state index in [9.17, 15) is 0 Å². The van der Waals surface area contributed by atoms with Crippen LogP contribution in [0.2, 0.25) is 0 Å². The third-order valence-electron chi connectivity index (χ3n) is 3.57. The van der Waals surface area contributed by atoms with Crippen LogP contribution in [0.4, 0.5) is 0 Å². The van der Waals surface area contributed by atoms with Crippen LogP contribution in [0.5, 0.6) is 5.75 Å². The molecule has 0 fully saturated rings. The third kappa shape index (κ3) is 6.95. The highest BCUT2D eigenvalue weighted by molar-refractivity contribution is 5.30. The van der Waals surface area contributed by atoms with E-state index < -0.39 is 0 Å². The second-order valence-corrected chi connectivity index (χ2v) is 5.93. The van der Waals surface area contributed by atoms with Gasteiger partial charge in [0.25, 0.3) is 0 Å². The molecule has 0 bridgehead atoms. The van der Waals surface area contributed by atoms with E-state index in [4.69, 9.17) is 4.74 Å². The second-order valence-electron chi connectivity index (χ2n) is 5.93. The van der Waals surface area contributed by atoms with Gasteiger partial charge in [-0.25, -0.2) is 0 Å². The van der Waals surface area contributed by atoms with Crippen molar-refractivity contribution in [2.24, 2.45) is 0 Å². The van der Waals surface area contributed by atoms with Crippen LogP contribution in [0.15, 0.2) is 24.3 Å². The predicted octanol–water partition coefficient (Wildman–Crippen LogP) is 4.75. The summed E-state index contributed by atoms with van der Waals surface area (Å²) in [5, 5.41) is 3.52. The first-order chi connectivity index (χ1) is 9.63. The zero-order valence-corrected chi connectivity index (χ0v) is 13.6. The summed E-state index contributed by atoms with van der Waals surface area (Å²) in [6, 6.07) is 9.09. The van der Waals surface area contributed by atoms with Crippen molar-refractivity contribution in [1.82, 2.24) is 5.32 Å². The van der Waals surface area contributed by atoms with E-state index in [0.717, 1.165) is 25.3 Å². The minimum atomic E-state index is 0.559. The van der Waals surface area contributed by atoms with Gasteiger partial charge in [-0.2, -0.15) is 0 Å². The maximum absolute atomic E-state index is 5.84. The zero-order chi connectivity index (χ0) is 14.8. The van der Waals surface area contributed by atoms with Crippen LogP contribution in [0, 0.1) is 0 Å². The Bertz CT molecular complexity index is 362. The predicted molar refractivity (Wildman–Crippen MR) is 87.6 cm³/mol. The van der Waals surface area contributed by atoms with Crippen molar-refractivity contribution in [3.8, 4) is 5.75 Å². The van der Waals surface area contributed by atoms with Gasteiger partial charge in [0.2, 0.25) is 0 Å². The van der Waals surface area contributed by atoms with Gasteiger partial charge in [0, 0.05) is 6.04 Å². The van der Waals surface area contributed by atoms with Crippen LogP contribution in [-0.4, -0.2) is 19.2 Å². The lowest BCUT2D eigenvalue weighted by Crippen LogP contribution is -2.26. The lowest BCUT2D eigenvalue weighted by molar-refractivity contribution is 0.301. The van der Waals surface area contributed by atoms with Crippen LogP contribution >= 0.6 is 0 Å². The van der Waals surface area contributed by atoms with Gasteiger partial charge >= 0.3 is 0 Å². The Morgan fingerprint density at radius 1 is 1.15 bits per heavy atom. The second kappa shape index (κ2) is 9.82. The molecule has 0 aliphatic rings. The lowest BCUT2D eigenvalue weighted by Gasteiger charge is -2.13. The maximum atomic E-state index is 5.84. The summed E-state index contributed by atoms with van der Waals surface area (Å²) in [6.45, 7) is 10.8. The molecule has 1 atom stereocenters. The van der Waals surface area contributed by atoms with Crippen molar-refractivity contribution in [3.05, 3.63) is 29.8 Å². The summed E-state index contributed by atoms with van der Waals surface area (Å²) in [7, 11) is 0. The van der Waals surface area contributed by atoms with Gasteiger partial charge in [-0.3, -0.25) is 0 Å². The van der Waals surface area contributed by atoms with Gasteiger partial charge in [0.15, 0.2) is 0 Å². The molecule has 0 amide bonds. The lowest BCUT2D eigenvalue weighted by atomic mass is 10.0. The van der Waals surface area contributed by atoms with Gasteiger partial charge in [-0.1, -0.05) is 32.9 Å². The number of ether oxygens (including phenoxy) is 1. The topological polar surface area (TPSA) is 21.3 Å². The van der Waals surface area contributed by atoms with E-state index in [-0.39, 0.29) is 0 Å². The van der Waals surface area contributed by atoms with Crippen LogP contribution in [-0.2, 0) is 0 Å². The summed E-state index contributed by atoms with van der Waals surface area (Å²) >= 11 is 0. The van der Waals surface area contributed by atoms with Crippen molar-refractivity contribution in [3.63, 3.8) is 0 Å². The largest absolute Gasteiger partial charge is 0.494 e. The molecule has 0 spiro atoms. The molecule has 20 heavy (non-hydrogen) atoms. The molecule has 1 aromatic rings. The van der Waals surface area contributed by atoms with Crippen molar-refractivity contribution in [2.45, 2.75) is 65.3 Å². The quantitative estimate of drug-likeness (QED) is 0.623. The van der Waals surface area contributed by atoms with Gasteiger partial charge in [0.1, 0.15) is 5.75 Å². The van der Waals surface area contributed by atoms with Crippen LogP contribution in [0.25, 0.3) is 0 Å². The molecule has 1 unspecified atom stereocenters. The van der Waals surface area contributed by atoms with Crippen molar-refractivity contribution >= 4 is 0 Å². The fraction of sp³-hybridized carbons (Fsp3) is 0.667. The highest BCUT2D eigenvalue weighted by Crippen LogP contribution is 2.20. The highest BCUT2D eigenvalue weighted by atomic mass is 16.5. The molecule has 0 saturated carbocycles. The van der Waals surface area contributed by atoms with Gasteiger partial charge in [0.05, 0.1) is 6.61 Å². The molecule has 1 rings (SSSR count). The van der Waals surface area contributed by atoms with Gasteiger partial charge in [-0.05, 0) is 62.8 Å². The summed E-state index contributed by atoms with van der Waals surface area (Å²) < 4.78 is 5.84. The Hall–Kier alpha value is -1.02. The van der Waals surface area contributed by atoms with Crippen LogP contribution < -0.4 is 10.1 Å². The molecular weight excluding hydrogens is 246 g/mol. The average Bonchev–Trinajstić information content (AvgIpc) is 2.45. The third-order valence-corrected chi connectivity index (χ3v) is 3.57. The van der Waals surface area contributed by atoms with E-state index in [0.29, 0.717) is 12.0 Å². The molecule has 2 nitrogen and oxygen atoms in total. The molecule has 0 aliphatic carbocycles. The monoisotopic (exact) mass is 277 g/mol. The van der Waals surface area contributed by atoms with E-state index in [1.807, 2.05) is 0 Å². The van der Waals surface area contributed by atoms with E-state index in [2.05, 4.69) is 57.3 Å². The Labute approximate surface area is 124 Å². The van der Waals surface area contributed by atoms with Crippen molar-refractivity contribution in [1.29, 1.82) is 0 Å². The Morgan fingerprint density at radius 3 is 2.65 bits per heavy atom. The Morgan fingerprint density at radius 2 is 1.95 bits per heavy atom. The molecule has 0 aromatic heterocycles. The number of rotatable bonds is 10. The molecule has 1 aromatic carbocycles. The molecule has 0 heterocycles. The van der Waals surface area contributed by atoms with E-state index in [1.54, 1.807) is 0 Å². The Kier molecular flexibility index (Phi) is 8.36. The Balaban J connectivity index is 2.16. The zero-order valence-electron chi connectivity index (χ0n) is 13.6. The first-order valence-corrected chi connectivity index (χ1v) is 8.09.